The minimum atomic E-state index is 0.863. The molecular weight excluding hydrogens is 105 g/mol. The van der Waals surface area contributed by atoms with Crippen LogP contribution in [0.5, 0.6) is 0 Å². The Labute approximate surface area is 59.7 Å². The summed E-state index contributed by atoms with van der Waals surface area (Å²) in [6, 6.07) is 0. The van der Waals surface area contributed by atoms with Gasteiger partial charge < -0.3 is 0 Å². The maximum absolute atomic E-state index is 2.38. The summed E-state index contributed by atoms with van der Waals surface area (Å²) in [6.45, 7) is 4.76. The Hall–Kier alpha value is 0.195. The molecule has 0 spiro atoms. The van der Waals surface area contributed by atoms with E-state index in [1.54, 1.807) is 14.6 Å². The number of hydrogen-bond donors (Lipinski definition) is 0. The second-order valence-electron chi connectivity index (χ2n) is 4.30. The average molecular weight is 118 g/mol. The van der Waals surface area contributed by atoms with E-state index in [4.69, 9.17) is 0 Å². The number of fused-ring (bicyclic) bond motifs is 1. The SMILES string of the molecule is BCC12BC1(C(C)C)B2. The van der Waals surface area contributed by atoms with Crippen LogP contribution in [0.4, 0.5) is 0 Å². The van der Waals surface area contributed by atoms with Gasteiger partial charge in [-0.15, -0.1) is 0 Å². The third kappa shape index (κ3) is 0.458. The minimum Gasteiger partial charge on any atom is -0.0923 e. The highest BCUT2D eigenvalue weighted by molar-refractivity contribution is 7.05. The highest BCUT2D eigenvalue weighted by atomic mass is 14.6. The summed E-state index contributed by atoms with van der Waals surface area (Å²) in [6.07, 6.45) is 1.44. The molecule has 2 aliphatic rings. The van der Waals surface area contributed by atoms with Crippen LogP contribution in [0.15, 0.2) is 0 Å². The Bertz CT molecular complexity index is 146. The molecular formula is C6H13B3. The van der Waals surface area contributed by atoms with Crippen LogP contribution in [-0.2, 0) is 0 Å². The first kappa shape index (κ1) is 5.94. The predicted octanol–water partition coefficient (Wildman–Crippen LogP) is -0.174. The third-order valence-electron chi connectivity index (χ3n) is 3.90. The number of rotatable bonds is 2. The van der Waals surface area contributed by atoms with Crippen LogP contribution in [0, 0.1) is 5.92 Å². The second-order valence-corrected chi connectivity index (χ2v) is 4.30. The van der Waals surface area contributed by atoms with Gasteiger partial charge in [0.05, 0.1) is 7.85 Å². The van der Waals surface area contributed by atoms with Crippen molar-refractivity contribution in [2.75, 3.05) is 0 Å². The lowest BCUT2D eigenvalue weighted by Gasteiger charge is -2.04. The standard InChI is InChI=1S/C6H13B3/c1-4(2)6-5(3-7,8-6)9-6/h4,8-9H,3,7H2,1-2H3. The summed E-state index contributed by atoms with van der Waals surface area (Å²) in [5.74, 6) is 0.956. The molecule has 2 fully saturated rings. The Morgan fingerprint density at radius 3 is 2.11 bits per heavy atom. The Morgan fingerprint density at radius 1 is 1.44 bits per heavy atom. The molecule has 2 saturated heterocycles. The van der Waals surface area contributed by atoms with Crippen LogP contribution in [0.25, 0.3) is 0 Å². The molecule has 9 heavy (non-hydrogen) atoms. The van der Waals surface area contributed by atoms with Gasteiger partial charge in [-0.1, -0.05) is 36.5 Å². The topological polar surface area (TPSA) is 0 Å². The van der Waals surface area contributed by atoms with Gasteiger partial charge in [-0.2, -0.15) is 0 Å². The molecule has 46 valence electrons. The highest BCUT2D eigenvalue weighted by Gasteiger charge is 2.82. The van der Waals surface area contributed by atoms with Gasteiger partial charge in [0.25, 0.3) is 0 Å². The molecule has 0 aromatic carbocycles. The molecule has 0 bridgehead atoms. The summed E-state index contributed by atoms with van der Waals surface area (Å²) in [5, 5.41) is 1.74. The van der Waals surface area contributed by atoms with Gasteiger partial charge in [0.1, 0.15) is 14.6 Å². The fourth-order valence-corrected chi connectivity index (χ4v) is 2.69. The number of hydrogen-bond acceptors (Lipinski definition) is 0. The van der Waals surface area contributed by atoms with Gasteiger partial charge in [-0.05, 0) is 0 Å². The van der Waals surface area contributed by atoms with E-state index in [9.17, 15) is 0 Å². The Kier molecular flexibility index (Phi) is 0.846. The van der Waals surface area contributed by atoms with Crippen molar-refractivity contribution in [3.05, 3.63) is 0 Å². The monoisotopic (exact) mass is 118 g/mol. The quantitative estimate of drug-likeness (QED) is 0.441. The van der Waals surface area contributed by atoms with Crippen LogP contribution >= 0.6 is 0 Å². The van der Waals surface area contributed by atoms with E-state index >= 15 is 0 Å². The van der Waals surface area contributed by atoms with Crippen molar-refractivity contribution in [1.82, 2.24) is 0 Å². The zero-order chi connectivity index (χ0) is 6.70. The van der Waals surface area contributed by atoms with Crippen molar-refractivity contribution >= 4 is 22.4 Å². The third-order valence-corrected chi connectivity index (χ3v) is 3.90. The first-order chi connectivity index (χ1) is 4.17. The largest absolute Gasteiger partial charge is 0.115 e. The van der Waals surface area contributed by atoms with Crippen LogP contribution in [0.2, 0.25) is 16.7 Å². The van der Waals surface area contributed by atoms with Gasteiger partial charge in [0.15, 0.2) is 0 Å². The predicted molar refractivity (Wildman–Crippen MR) is 47.9 cm³/mol. The molecule has 3 heteroatoms. The molecule has 0 aromatic rings. The average Bonchev–Trinajstić information content (AvgIpc) is 2.45. The van der Waals surface area contributed by atoms with Crippen molar-refractivity contribution in [2.24, 2.45) is 5.92 Å². The lowest BCUT2D eigenvalue weighted by molar-refractivity contribution is 0.628. The van der Waals surface area contributed by atoms with Gasteiger partial charge in [0.2, 0.25) is 0 Å². The maximum Gasteiger partial charge on any atom is 0.115 e. The lowest BCUT2D eigenvalue weighted by atomic mass is 9.47. The Morgan fingerprint density at radius 2 is 2.00 bits per heavy atom. The summed E-state index contributed by atoms with van der Waals surface area (Å²) < 4.78 is 0. The first-order valence-electron chi connectivity index (χ1n) is 4.17. The molecule has 0 N–H and O–H groups in total. The summed E-state index contributed by atoms with van der Waals surface area (Å²) in [5.41, 5.74) is 0. The molecule has 0 unspecified atom stereocenters. The fraction of sp³-hybridized carbons (Fsp3) is 1.00. The van der Waals surface area contributed by atoms with E-state index in [0.29, 0.717) is 0 Å². The fourth-order valence-electron chi connectivity index (χ4n) is 2.69. The van der Waals surface area contributed by atoms with Gasteiger partial charge in [-0.25, -0.2) is 0 Å². The second kappa shape index (κ2) is 1.28. The molecule has 2 heterocycles. The van der Waals surface area contributed by atoms with Crippen molar-refractivity contribution in [3.63, 3.8) is 0 Å². The molecule has 0 nitrogen and oxygen atoms in total. The van der Waals surface area contributed by atoms with Crippen LogP contribution < -0.4 is 0 Å². The molecule has 2 aliphatic heterocycles. The van der Waals surface area contributed by atoms with Crippen molar-refractivity contribution in [2.45, 2.75) is 30.6 Å². The summed E-state index contributed by atoms with van der Waals surface area (Å²) in [7, 11) is 5.44. The van der Waals surface area contributed by atoms with Gasteiger partial charge in [0, 0.05) is 0 Å². The van der Waals surface area contributed by atoms with E-state index in [0.717, 1.165) is 16.3 Å². The lowest BCUT2D eigenvalue weighted by Crippen LogP contribution is -2.02. The zero-order valence-electron chi connectivity index (χ0n) is 6.70. The van der Waals surface area contributed by atoms with Gasteiger partial charge in [-0.3, -0.25) is 0 Å². The van der Waals surface area contributed by atoms with Crippen molar-refractivity contribution in [1.29, 1.82) is 0 Å². The van der Waals surface area contributed by atoms with E-state index in [-0.39, 0.29) is 0 Å². The molecule has 0 radical (unpaired) electrons. The summed E-state index contributed by atoms with van der Waals surface area (Å²) >= 11 is 0. The van der Waals surface area contributed by atoms with Crippen LogP contribution in [0.1, 0.15) is 13.8 Å². The smallest absolute Gasteiger partial charge is 0.0923 e. The van der Waals surface area contributed by atoms with Crippen molar-refractivity contribution < 1.29 is 0 Å². The Balaban J connectivity index is 2.06. The molecule has 0 aromatic heterocycles. The molecule has 0 aliphatic carbocycles. The van der Waals surface area contributed by atoms with Gasteiger partial charge >= 0.3 is 0 Å². The minimum absolute atomic E-state index is 0.863. The van der Waals surface area contributed by atoms with Crippen LogP contribution in [-0.4, -0.2) is 22.4 Å². The molecule has 0 saturated carbocycles. The molecule has 0 amide bonds. The van der Waals surface area contributed by atoms with E-state index in [2.05, 4.69) is 21.7 Å². The molecule has 2 rings (SSSR count). The van der Waals surface area contributed by atoms with Crippen molar-refractivity contribution in [3.8, 4) is 0 Å². The zero-order valence-corrected chi connectivity index (χ0v) is 6.70. The highest BCUT2D eigenvalue weighted by Crippen LogP contribution is 2.89. The summed E-state index contributed by atoms with van der Waals surface area (Å²) in [4.78, 5) is 0. The first-order valence-corrected chi connectivity index (χ1v) is 4.17. The van der Waals surface area contributed by atoms with Crippen LogP contribution in [0.3, 0.4) is 0 Å². The van der Waals surface area contributed by atoms with E-state index in [1.807, 2.05) is 0 Å². The maximum atomic E-state index is 2.38. The van der Waals surface area contributed by atoms with E-state index < -0.39 is 0 Å². The van der Waals surface area contributed by atoms with E-state index in [1.165, 1.54) is 6.32 Å². The normalized spacial score (nSPS) is 51.4. The molecule has 0 atom stereocenters.